The standard InChI is InChI=1S/C16H21N3O3/c1-10-4-5-13(11(2)8-10)18-15(20)6-7-17-16(21)14-9-12(3)19-22-14/h4-5,8,14H,6-7,9H2,1-3H3,(H,17,21)(H,18,20)/t14-/m1/s1. The molecule has 2 amide bonds. The van der Waals surface area contributed by atoms with Gasteiger partial charge in [0.25, 0.3) is 5.91 Å². The monoisotopic (exact) mass is 303 g/mol. The molecule has 1 aliphatic heterocycles. The first-order valence-electron chi connectivity index (χ1n) is 7.30. The van der Waals surface area contributed by atoms with E-state index in [4.69, 9.17) is 4.84 Å². The van der Waals surface area contributed by atoms with Gasteiger partial charge >= 0.3 is 0 Å². The van der Waals surface area contributed by atoms with E-state index in [1.54, 1.807) is 0 Å². The Hall–Kier alpha value is -2.37. The first-order chi connectivity index (χ1) is 10.5. The van der Waals surface area contributed by atoms with E-state index in [-0.39, 0.29) is 24.8 Å². The Morgan fingerprint density at radius 1 is 1.32 bits per heavy atom. The Morgan fingerprint density at radius 2 is 2.09 bits per heavy atom. The molecule has 0 fully saturated rings. The highest BCUT2D eigenvalue weighted by atomic mass is 16.6. The number of hydrogen-bond acceptors (Lipinski definition) is 4. The predicted octanol–water partition coefficient (Wildman–Crippen LogP) is 1.91. The molecule has 118 valence electrons. The van der Waals surface area contributed by atoms with Crippen molar-refractivity contribution in [2.45, 2.75) is 39.7 Å². The zero-order valence-electron chi connectivity index (χ0n) is 13.1. The molecule has 1 aromatic rings. The van der Waals surface area contributed by atoms with Crippen molar-refractivity contribution in [3.8, 4) is 0 Å². The van der Waals surface area contributed by atoms with Crippen LogP contribution in [-0.2, 0) is 14.4 Å². The lowest BCUT2D eigenvalue weighted by molar-refractivity contribution is -0.131. The molecule has 0 saturated carbocycles. The number of nitrogens with zero attached hydrogens (tertiary/aromatic N) is 1. The summed E-state index contributed by atoms with van der Waals surface area (Å²) in [6.45, 7) is 6.04. The lowest BCUT2D eigenvalue weighted by Gasteiger charge is -2.11. The van der Waals surface area contributed by atoms with Gasteiger partial charge in [-0.15, -0.1) is 0 Å². The van der Waals surface area contributed by atoms with Gasteiger partial charge < -0.3 is 15.5 Å². The summed E-state index contributed by atoms with van der Waals surface area (Å²) in [4.78, 5) is 28.7. The van der Waals surface area contributed by atoms with E-state index in [0.29, 0.717) is 6.42 Å². The molecule has 0 saturated heterocycles. The van der Waals surface area contributed by atoms with Crippen molar-refractivity contribution in [1.29, 1.82) is 0 Å². The number of oxime groups is 1. The van der Waals surface area contributed by atoms with Crippen LogP contribution in [0, 0.1) is 13.8 Å². The number of hydrogen-bond donors (Lipinski definition) is 2. The summed E-state index contributed by atoms with van der Waals surface area (Å²) in [6, 6.07) is 5.84. The van der Waals surface area contributed by atoms with Crippen molar-refractivity contribution in [2.24, 2.45) is 5.16 Å². The summed E-state index contributed by atoms with van der Waals surface area (Å²) in [7, 11) is 0. The average molecular weight is 303 g/mol. The average Bonchev–Trinajstić information content (AvgIpc) is 2.88. The van der Waals surface area contributed by atoms with Crippen molar-refractivity contribution in [3.05, 3.63) is 29.3 Å². The zero-order chi connectivity index (χ0) is 16.1. The number of anilines is 1. The van der Waals surface area contributed by atoms with Crippen molar-refractivity contribution >= 4 is 23.2 Å². The maximum absolute atomic E-state index is 11.9. The van der Waals surface area contributed by atoms with E-state index < -0.39 is 6.10 Å². The molecule has 0 unspecified atom stereocenters. The molecule has 0 bridgehead atoms. The highest BCUT2D eigenvalue weighted by molar-refractivity contribution is 5.93. The Morgan fingerprint density at radius 3 is 2.73 bits per heavy atom. The number of aryl methyl sites for hydroxylation is 2. The minimum absolute atomic E-state index is 0.132. The Kier molecular flexibility index (Phi) is 5.14. The molecule has 6 nitrogen and oxygen atoms in total. The van der Waals surface area contributed by atoms with Gasteiger partial charge in [-0.05, 0) is 32.4 Å². The minimum Gasteiger partial charge on any atom is -0.382 e. The summed E-state index contributed by atoms with van der Waals surface area (Å²) in [5.74, 6) is -0.369. The third-order valence-corrected chi connectivity index (χ3v) is 3.42. The molecule has 0 radical (unpaired) electrons. The van der Waals surface area contributed by atoms with Crippen LogP contribution in [0.15, 0.2) is 23.4 Å². The maximum Gasteiger partial charge on any atom is 0.264 e. The SMILES string of the molecule is CC1=NO[C@@H](C(=O)NCCC(=O)Nc2ccc(C)cc2C)C1. The van der Waals surface area contributed by atoms with Gasteiger partial charge in [0.2, 0.25) is 12.0 Å². The van der Waals surface area contributed by atoms with Crippen LogP contribution in [0.5, 0.6) is 0 Å². The summed E-state index contributed by atoms with van der Waals surface area (Å²) in [5, 5.41) is 9.26. The highest BCUT2D eigenvalue weighted by Gasteiger charge is 2.25. The predicted molar refractivity (Wildman–Crippen MR) is 84.8 cm³/mol. The van der Waals surface area contributed by atoms with E-state index in [9.17, 15) is 9.59 Å². The molecular weight excluding hydrogens is 282 g/mol. The van der Waals surface area contributed by atoms with Crippen LogP contribution in [0.4, 0.5) is 5.69 Å². The molecule has 1 aromatic carbocycles. The van der Waals surface area contributed by atoms with E-state index >= 15 is 0 Å². The largest absolute Gasteiger partial charge is 0.382 e. The van der Waals surface area contributed by atoms with Crippen LogP contribution < -0.4 is 10.6 Å². The van der Waals surface area contributed by atoms with Crippen LogP contribution in [0.3, 0.4) is 0 Å². The fourth-order valence-electron chi connectivity index (χ4n) is 2.22. The fourth-order valence-corrected chi connectivity index (χ4v) is 2.22. The van der Waals surface area contributed by atoms with E-state index in [1.165, 1.54) is 0 Å². The topological polar surface area (TPSA) is 79.8 Å². The van der Waals surface area contributed by atoms with Crippen molar-refractivity contribution in [1.82, 2.24) is 5.32 Å². The first-order valence-corrected chi connectivity index (χ1v) is 7.30. The third-order valence-electron chi connectivity index (χ3n) is 3.42. The van der Waals surface area contributed by atoms with E-state index in [0.717, 1.165) is 22.5 Å². The molecule has 1 heterocycles. The summed E-state index contributed by atoms with van der Waals surface area (Å²) >= 11 is 0. The van der Waals surface area contributed by atoms with Crippen LogP contribution in [0.1, 0.15) is 30.9 Å². The Balaban J connectivity index is 1.73. The van der Waals surface area contributed by atoms with E-state index in [2.05, 4.69) is 15.8 Å². The molecule has 6 heteroatoms. The number of carbonyl (C=O) groups excluding carboxylic acids is 2. The Bertz CT molecular complexity index is 611. The van der Waals surface area contributed by atoms with Crippen LogP contribution in [-0.4, -0.2) is 30.2 Å². The van der Waals surface area contributed by atoms with Crippen LogP contribution in [0.25, 0.3) is 0 Å². The third kappa shape index (κ3) is 4.31. The second kappa shape index (κ2) is 7.06. The lowest BCUT2D eigenvalue weighted by Crippen LogP contribution is -2.36. The fraction of sp³-hybridized carbons (Fsp3) is 0.438. The van der Waals surface area contributed by atoms with Crippen LogP contribution in [0.2, 0.25) is 0 Å². The number of carbonyl (C=O) groups is 2. The van der Waals surface area contributed by atoms with Gasteiger partial charge in [-0.2, -0.15) is 0 Å². The number of benzene rings is 1. The van der Waals surface area contributed by atoms with Crippen LogP contribution >= 0.6 is 0 Å². The molecule has 2 rings (SSSR count). The lowest BCUT2D eigenvalue weighted by atomic mass is 10.1. The number of amides is 2. The quantitative estimate of drug-likeness (QED) is 0.872. The van der Waals surface area contributed by atoms with Gasteiger partial charge in [-0.3, -0.25) is 9.59 Å². The first kappa shape index (κ1) is 16.0. The zero-order valence-corrected chi connectivity index (χ0v) is 13.1. The Labute approximate surface area is 129 Å². The van der Waals surface area contributed by atoms with Crippen molar-refractivity contribution in [2.75, 3.05) is 11.9 Å². The molecule has 0 spiro atoms. The molecule has 0 aliphatic carbocycles. The highest BCUT2D eigenvalue weighted by Crippen LogP contribution is 2.16. The second-order valence-corrected chi connectivity index (χ2v) is 5.53. The van der Waals surface area contributed by atoms with E-state index in [1.807, 2.05) is 39.0 Å². The summed E-state index contributed by atoms with van der Waals surface area (Å²) in [5.41, 5.74) is 3.76. The minimum atomic E-state index is -0.567. The molecule has 0 aromatic heterocycles. The van der Waals surface area contributed by atoms with Gasteiger partial charge in [0.15, 0.2) is 0 Å². The van der Waals surface area contributed by atoms with Gasteiger partial charge in [-0.25, -0.2) is 0 Å². The van der Waals surface area contributed by atoms with Gasteiger partial charge in [0.05, 0.1) is 5.71 Å². The van der Waals surface area contributed by atoms with Crippen molar-refractivity contribution < 1.29 is 14.4 Å². The second-order valence-electron chi connectivity index (χ2n) is 5.53. The molecule has 1 atom stereocenters. The molecule has 22 heavy (non-hydrogen) atoms. The summed E-state index contributed by atoms with van der Waals surface area (Å²) in [6.07, 6.45) is 0.147. The normalized spacial score (nSPS) is 16.7. The smallest absolute Gasteiger partial charge is 0.264 e. The molecular formula is C16H21N3O3. The van der Waals surface area contributed by atoms with Gasteiger partial charge in [-0.1, -0.05) is 22.9 Å². The molecule has 2 N–H and O–H groups in total. The number of rotatable bonds is 5. The van der Waals surface area contributed by atoms with Gasteiger partial charge in [0.1, 0.15) is 0 Å². The summed E-state index contributed by atoms with van der Waals surface area (Å²) < 4.78 is 0. The number of nitrogens with one attached hydrogen (secondary N) is 2. The maximum atomic E-state index is 11.9. The molecule has 1 aliphatic rings. The van der Waals surface area contributed by atoms with Gasteiger partial charge in [0, 0.05) is 25.1 Å². The van der Waals surface area contributed by atoms with Crippen molar-refractivity contribution in [3.63, 3.8) is 0 Å².